The zero-order valence-electron chi connectivity index (χ0n) is 17.8. The van der Waals surface area contributed by atoms with E-state index in [1.54, 1.807) is 19.1 Å². The summed E-state index contributed by atoms with van der Waals surface area (Å²) in [7, 11) is 0. The number of alkyl carbamates (subject to hydrolysis) is 1. The van der Waals surface area contributed by atoms with Crippen LogP contribution in [0, 0.1) is 5.92 Å². The molecule has 7 nitrogen and oxygen atoms in total. The molecule has 0 aromatic heterocycles. The number of nitrogens with one attached hydrogen (secondary N) is 2. The predicted octanol–water partition coefficient (Wildman–Crippen LogP) is 3.45. The number of hydrogen-bond donors (Lipinski definition) is 3. The first-order chi connectivity index (χ1) is 15.4. The normalized spacial score (nSPS) is 20.0. The van der Waals surface area contributed by atoms with E-state index in [0.717, 1.165) is 22.3 Å². The smallest absolute Gasteiger partial charge is 0.407 e. The summed E-state index contributed by atoms with van der Waals surface area (Å²) in [4.78, 5) is 36.0. The lowest BCUT2D eigenvalue weighted by molar-refractivity contribution is -0.142. The molecule has 3 atom stereocenters. The lowest BCUT2D eigenvalue weighted by Crippen LogP contribution is -2.48. The number of carbonyl (C=O) groups excluding carboxylic acids is 2. The van der Waals surface area contributed by atoms with E-state index in [-0.39, 0.29) is 24.5 Å². The fourth-order valence-electron chi connectivity index (χ4n) is 4.39. The molecule has 2 amide bonds. The van der Waals surface area contributed by atoms with Gasteiger partial charge < -0.3 is 20.5 Å². The van der Waals surface area contributed by atoms with Crippen molar-refractivity contribution < 1.29 is 24.2 Å². The van der Waals surface area contributed by atoms with Gasteiger partial charge in [0.2, 0.25) is 5.91 Å². The van der Waals surface area contributed by atoms with Crippen molar-refractivity contribution in [2.45, 2.75) is 37.8 Å². The highest BCUT2D eigenvalue weighted by molar-refractivity contribution is 5.86. The fourth-order valence-corrected chi connectivity index (χ4v) is 4.39. The number of benzene rings is 2. The average Bonchev–Trinajstić information content (AvgIpc) is 3.11. The molecule has 0 aliphatic heterocycles. The second kappa shape index (κ2) is 9.26. The Labute approximate surface area is 186 Å². The molecule has 2 aliphatic rings. The summed E-state index contributed by atoms with van der Waals surface area (Å²) < 4.78 is 5.48. The zero-order chi connectivity index (χ0) is 22.7. The van der Waals surface area contributed by atoms with Crippen LogP contribution in [-0.4, -0.2) is 41.8 Å². The Morgan fingerprint density at radius 1 is 1.06 bits per heavy atom. The molecule has 0 heterocycles. The summed E-state index contributed by atoms with van der Waals surface area (Å²) in [5.41, 5.74) is 4.52. The van der Waals surface area contributed by atoms with Crippen molar-refractivity contribution in [2.75, 3.05) is 6.61 Å². The van der Waals surface area contributed by atoms with Crippen LogP contribution in [0.4, 0.5) is 4.79 Å². The Hall–Kier alpha value is -3.61. The van der Waals surface area contributed by atoms with E-state index in [2.05, 4.69) is 22.8 Å². The van der Waals surface area contributed by atoms with E-state index in [1.807, 2.05) is 36.4 Å². The largest absolute Gasteiger partial charge is 0.481 e. The van der Waals surface area contributed by atoms with E-state index >= 15 is 0 Å². The van der Waals surface area contributed by atoms with E-state index in [9.17, 15) is 14.4 Å². The highest BCUT2D eigenvalue weighted by Crippen LogP contribution is 2.44. The number of fused-ring (bicyclic) bond motifs is 3. The van der Waals surface area contributed by atoms with Crippen LogP contribution < -0.4 is 10.6 Å². The fraction of sp³-hybridized carbons (Fsp3) is 0.320. The molecule has 0 fully saturated rings. The molecule has 2 aromatic carbocycles. The lowest BCUT2D eigenvalue weighted by atomic mass is 9.91. The summed E-state index contributed by atoms with van der Waals surface area (Å²) in [5.74, 6) is -1.84. The van der Waals surface area contributed by atoms with Crippen LogP contribution in [0.1, 0.15) is 36.8 Å². The molecule has 0 bridgehead atoms. The molecule has 0 unspecified atom stereocenters. The monoisotopic (exact) mass is 434 g/mol. The summed E-state index contributed by atoms with van der Waals surface area (Å²) >= 11 is 0. The molecule has 0 spiro atoms. The van der Waals surface area contributed by atoms with Crippen LogP contribution in [0.5, 0.6) is 0 Å². The van der Waals surface area contributed by atoms with E-state index in [1.165, 1.54) is 0 Å². The van der Waals surface area contributed by atoms with Crippen molar-refractivity contribution in [3.63, 3.8) is 0 Å². The SMILES string of the molecule is C[C@@H](NC(=O)OCC1c2ccccc2-c2ccccc21)C(=O)N[C@@H]1C=CC[C@@H](C(=O)O)C1. The molecular formula is C25H26N2O5. The molecule has 4 rings (SSSR count). The molecule has 7 heteroatoms. The Morgan fingerprint density at radius 3 is 2.31 bits per heavy atom. The summed E-state index contributed by atoms with van der Waals surface area (Å²) in [6, 6.07) is 15.0. The van der Waals surface area contributed by atoms with Gasteiger partial charge in [-0.05, 0) is 42.0 Å². The van der Waals surface area contributed by atoms with Gasteiger partial charge in [0.15, 0.2) is 0 Å². The van der Waals surface area contributed by atoms with Gasteiger partial charge in [-0.1, -0.05) is 60.7 Å². The maximum atomic E-state index is 12.4. The number of carbonyl (C=O) groups is 3. The van der Waals surface area contributed by atoms with Crippen LogP contribution in [0.15, 0.2) is 60.7 Å². The highest BCUT2D eigenvalue weighted by Gasteiger charge is 2.30. The maximum absolute atomic E-state index is 12.4. The van der Waals surface area contributed by atoms with E-state index in [0.29, 0.717) is 12.8 Å². The minimum absolute atomic E-state index is 0.0578. The van der Waals surface area contributed by atoms with Crippen molar-refractivity contribution in [2.24, 2.45) is 5.92 Å². The van der Waals surface area contributed by atoms with Crippen molar-refractivity contribution in [3.8, 4) is 11.1 Å². The molecule has 0 saturated heterocycles. The molecule has 32 heavy (non-hydrogen) atoms. The van der Waals surface area contributed by atoms with Gasteiger partial charge in [0.05, 0.1) is 5.92 Å². The number of allylic oxidation sites excluding steroid dienone is 1. The van der Waals surface area contributed by atoms with Gasteiger partial charge in [-0.2, -0.15) is 0 Å². The highest BCUT2D eigenvalue weighted by atomic mass is 16.5. The third kappa shape index (κ3) is 4.51. The number of carboxylic acid groups (broad SMARTS) is 1. The summed E-state index contributed by atoms with van der Waals surface area (Å²) in [6.45, 7) is 1.73. The molecule has 0 saturated carbocycles. The Kier molecular flexibility index (Phi) is 6.25. The molecule has 0 radical (unpaired) electrons. The standard InChI is InChI=1S/C25H26N2O5/c1-15(23(28)27-17-8-6-7-16(13-17)24(29)30)26-25(31)32-14-22-20-11-4-2-9-18(20)19-10-3-5-12-21(19)22/h2-6,8-12,15-17,22H,7,13-14H2,1H3,(H,26,31)(H,27,28)(H,29,30)/t15-,16-,17-/m1/s1. The van der Waals surface area contributed by atoms with E-state index in [4.69, 9.17) is 9.84 Å². The van der Waals surface area contributed by atoms with Gasteiger partial charge in [0, 0.05) is 12.0 Å². The van der Waals surface area contributed by atoms with Gasteiger partial charge in [0.25, 0.3) is 0 Å². The zero-order valence-corrected chi connectivity index (χ0v) is 17.8. The number of aliphatic carboxylic acids is 1. The second-order valence-electron chi connectivity index (χ2n) is 8.24. The first-order valence-corrected chi connectivity index (χ1v) is 10.8. The molecular weight excluding hydrogens is 408 g/mol. The molecule has 166 valence electrons. The van der Waals surface area contributed by atoms with Gasteiger partial charge in [-0.3, -0.25) is 9.59 Å². The Bertz CT molecular complexity index is 1020. The quantitative estimate of drug-likeness (QED) is 0.604. The molecule has 2 aliphatic carbocycles. The number of rotatable bonds is 6. The minimum atomic E-state index is -0.876. The van der Waals surface area contributed by atoms with Crippen molar-refractivity contribution in [3.05, 3.63) is 71.8 Å². The summed E-state index contributed by atoms with van der Waals surface area (Å²) in [5, 5.41) is 14.5. The average molecular weight is 434 g/mol. The van der Waals surface area contributed by atoms with Crippen molar-refractivity contribution in [1.29, 1.82) is 0 Å². The number of amides is 2. The lowest BCUT2D eigenvalue weighted by Gasteiger charge is -2.24. The van der Waals surface area contributed by atoms with Crippen LogP contribution in [0.25, 0.3) is 11.1 Å². The minimum Gasteiger partial charge on any atom is -0.481 e. The van der Waals surface area contributed by atoms with E-state index < -0.39 is 24.0 Å². The third-order valence-electron chi connectivity index (χ3n) is 6.08. The van der Waals surface area contributed by atoms with Gasteiger partial charge >= 0.3 is 12.1 Å². The Morgan fingerprint density at radius 2 is 1.69 bits per heavy atom. The van der Waals surface area contributed by atoms with Crippen LogP contribution in [0.3, 0.4) is 0 Å². The number of ether oxygens (including phenoxy) is 1. The Balaban J connectivity index is 1.31. The van der Waals surface area contributed by atoms with Crippen molar-refractivity contribution in [1.82, 2.24) is 10.6 Å². The third-order valence-corrected chi connectivity index (χ3v) is 6.08. The number of carboxylic acids is 1. The molecule has 3 N–H and O–H groups in total. The first kappa shape index (κ1) is 21.6. The maximum Gasteiger partial charge on any atom is 0.407 e. The second-order valence-corrected chi connectivity index (χ2v) is 8.24. The topological polar surface area (TPSA) is 105 Å². The summed E-state index contributed by atoms with van der Waals surface area (Å²) in [6.07, 6.45) is 3.66. The molecule has 2 aromatic rings. The van der Waals surface area contributed by atoms with Crippen LogP contribution in [0.2, 0.25) is 0 Å². The van der Waals surface area contributed by atoms with Gasteiger partial charge in [-0.25, -0.2) is 4.79 Å². The van der Waals surface area contributed by atoms with Gasteiger partial charge in [-0.15, -0.1) is 0 Å². The van der Waals surface area contributed by atoms with Crippen LogP contribution >= 0.6 is 0 Å². The number of hydrogen-bond acceptors (Lipinski definition) is 4. The van der Waals surface area contributed by atoms with Gasteiger partial charge in [0.1, 0.15) is 12.6 Å². The van der Waals surface area contributed by atoms with Crippen LogP contribution in [-0.2, 0) is 14.3 Å². The van der Waals surface area contributed by atoms with Crippen molar-refractivity contribution >= 4 is 18.0 Å². The predicted molar refractivity (Wildman–Crippen MR) is 119 cm³/mol. The first-order valence-electron chi connectivity index (χ1n) is 10.8.